The third-order valence-electron chi connectivity index (χ3n) is 3.07. The smallest absolute Gasteiger partial charge is 0.307 e. The molecule has 0 unspecified atom stereocenters. The first-order valence-electron chi connectivity index (χ1n) is 5.59. The second-order valence-corrected chi connectivity index (χ2v) is 5.41. The molecule has 92 valence electrons. The normalized spacial score (nSPS) is 22.2. The number of aliphatic carboxylic acids is 1. The van der Waals surface area contributed by atoms with E-state index in [-0.39, 0.29) is 11.8 Å². The van der Waals surface area contributed by atoms with Crippen molar-refractivity contribution in [3.63, 3.8) is 0 Å². The van der Waals surface area contributed by atoms with Gasteiger partial charge < -0.3 is 10.0 Å². The van der Waals surface area contributed by atoms with Gasteiger partial charge in [-0.2, -0.15) is 0 Å². The third-order valence-corrected chi connectivity index (χ3v) is 4.01. The fourth-order valence-corrected chi connectivity index (χ4v) is 2.57. The van der Waals surface area contributed by atoms with Crippen molar-refractivity contribution in [2.24, 2.45) is 11.8 Å². The number of amides is 1. The van der Waals surface area contributed by atoms with Crippen LogP contribution in [0.4, 0.5) is 0 Å². The lowest BCUT2D eigenvalue weighted by Crippen LogP contribution is -2.31. The highest BCUT2D eigenvalue weighted by Crippen LogP contribution is 2.39. The second kappa shape index (κ2) is 4.87. The largest absolute Gasteiger partial charge is 0.481 e. The molecule has 17 heavy (non-hydrogen) atoms. The van der Waals surface area contributed by atoms with Gasteiger partial charge in [0.2, 0.25) is 5.91 Å². The number of likely N-dealkylation sites (N-methyl/N-ethyl adjacent to an activating group) is 1. The van der Waals surface area contributed by atoms with E-state index in [1.807, 2.05) is 17.5 Å². The lowest BCUT2D eigenvalue weighted by Gasteiger charge is -2.16. The molecule has 1 aliphatic carbocycles. The molecule has 0 spiro atoms. The Morgan fingerprint density at radius 3 is 2.82 bits per heavy atom. The van der Waals surface area contributed by atoms with Crippen LogP contribution in [0.2, 0.25) is 0 Å². The zero-order valence-corrected chi connectivity index (χ0v) is 10.4. The number of hydrogen-bond donors (Lipinski definition) is 1. The molecule has 1 saturated carbocycles. The van der Waals surface area contributed by atoms with E-state index >= 15 is 0 Å². The van der Waals surface area contributed by atoms with Crippen molar-refractivity contribution in [2.45, 2.75) is 12.8 Å². The molecule has 0 bridgehead atoms. The van der Waals surface area contributed by atoms with E-state index in [4.69, 9.17) is 5.11 Å². The maximum absolute atomic E-state index is 11.8. The van der Waals surface area contributed by atoms with Crippen LogP contribution >= 0.6 is 11.3 Å². The highest BCUT2D eigenvalue weighted by atomic mass is 32.1. The molecule has 1 aliphatic rings. The standard InChI is InChI=1S/C12H15NO3S/c1-13(5-4-8-3-2-6-17-8)11(14)9-7-10(9)12(15)16/h2-3,6,9-10H,4-5,7H2,1H3,(H,15,16)/t9-,10+/m1/s1. The van der Waals surface area contributed by atoms with Crippen LogP contribution in [0.25, 0.3) is 0 Å². The zero-order chi connectivity index (χ0) is 12.4. The summed E-state index contributed by atoms with van der Waals surface area (Å²) < 4.78 is 0. The van der Waals surface area contributed by atoms with Gasteiger partial charge in [0.15, 0.2) is 0 Å². The Morgan fingerprint density at radius 1 is 1.53 bits per heavy atom. The predicted molar refractivity (Wildman–Crippen MR) is 64.9 cm³/mol. The van der Waals surface area contributed by atoms with Crippen molar-refractivity contribution >= 4 is 23.2 Å². The average Bonchev–Trinajstić information content (AvgIpc) is 2.94. The van der Waals surface area contributed by atoms with Crippen LogP contribution in [0, 0.1) is 11.8 Å². The predicted octanol–water partition coefficient (Wildman–Crippen LogP) is 1.47. The molecule has 1 aromatic rings. The monoisotopic (exact) mass is 253 g/mol. The minimum absolute atomic E-state index is 0.0334. The number of rotatable bonds is 5. The zero-order valence-electron chi connectivity index (χ0n) is 9.63. The minimum atomic E-state index is -0.852. The number of thiophene rings is 1. The Kier molecular flexibility index (Phi) is 3.47. The summed E-state index contributed by atoms with van der Waals surface area (Å²) in [7, 11) is 1.74. The Morgan fingerprint density at radius 2 is 2.29 bits per heavy atom. The Bertz CT molecular complexity index is 415. The lowest BCUT2D eigenvalue weighted by atomic mass is 10.2. The number of nitrogens with zero attached hydrogens (tertiary/aromatic N) is 1. The van der Waals surface area contributed by atoms with Crippen molar-refractivity contribution < 1.29 is 14.7 Å². The number of carbonyl (C=O) groups is 2. The third kappa shape index (κ3) is 2.85. The number of carbonyl (C=O) groups excluding carboxylic acids is 1. The summed E-state index contributed by atoms with van der Waals surface area (Å²) in [5.41, 5.74) is 0. The van der Waals surface area contributed by atoms with Gasteiger partial charge in [-0.25, -0.2) is 0 Å². The molecular weight excluding hydrogens is 238 g/mol. The molecule has 0 aliphatic heterocycles. The molecule has 2 rings (SSSR count). The van der Waals surface area contributed by atoms with Gasteiger partial charge in [0.05, 0.1) is 11.8 Å². The van der Waals surface area contributed by atoms with Crippen LogP contribution in [-0.4, -0.2) is 35.5 Å². The Balaban J connectivity index is 1.79. The van der Waals surface area contributed by atoms with Crippen LogP contribution in [0.5, 0.6) is 0 Å². The van der Waals surface area contributed by atoms with E-state index in [1.165, 1.54) is 4.88 Å². The molecule has 1 fully saturated rings. The quantitative estimate of drug-likeness (QED) is 0.864. The lowest BCUT2D eigenvalue weighted by molar-refractivity contribution is -0.141. The number of carboxylic acid groups (broad SMARTS) is 1. The Labute approximate surface area is 104 Å². The van der Waals surface area contributed by atoms with E-state index < -0.39 is 11.9 Å². The fraction of sp³-hybridized carbons (Fsp3) is 0.500. The molecule has 0 aromatic carbocycles. The molecule has 1 amide bonds. The fourth-order valence-electron chi connectivity index (χ4n) is 1.87. The van der Waals surface area contributed by atoms with Crippen LogP contribution in [0.15, 0.2) is 17.5 Å². The Hall–Kier alpha value is -1.36. The molecule has 0 saturated heterocycles. The topological polar surface area (TPSA) is 57.6 Å². The van der Waals surface area contributed by atoms with Crippen LogP contribution in [0.3, 0.4) is 0 Å². The van der Waals surface area contributed by atoms with Crippen molar-refractivity contribution in [1.29, 1.82) is 0 Å². The van der Waals surface area contributed by atoms with Gasteiger partial charge in [-0.3, -0.25) is 9.59 Å². The van der Waals surface area contributed by atoms with Crippen LogP contribution in [0.1, 0.15) is 11.3 Å². The van der Waals surface area contributed by atoms with Crippen molar-refractivity contribution in [2.75, 3.05) is 13.6 Å². The molecule has 5 heteroatoms. The van der Waals surface area contributed by atoms with Gasteiger partial charge in [0.1, 0.15) is 0 Å². The molecule has 4 nitrogen and oxygen atoms in total. The average molecular weight is 253 g/mol. The molecule has 2 atom stereocenters. The summed E-state index contributed by atoms with van der Waals surface area (Å²) in [6.45, 7) is 0.655. The van der Waals surface area contributed by atoms with E-state index in [2.05, 4.69) is 0 Å². The minimum Gasteiger partial charge on any atom is -0.481 e. The maximum atomic E-state index is 11.8. The maximum Gasteiger partial charge on any atom is 0.307 e. The first-order valence-corrected chi connectivity index (χ1v) is 6.47. The van der Waals surface area contributed by atoms with Crippen LogP contribution in [-0.2, 0) is 16.0 Å². The van der Waals surface area contributed by atoms with Gasteiger partial charge in [-0.1, -0.05) is 6.07 Å². The highest BCUT2D eigenvalue weighted by Gasteiger charge is 2.49. The van der Waals surface area contributed by atoms with Gasteiger partial charge in [0, 0.05) is 18.5 Å². The molecular formula is C12H15NO3S. The summed E-state index contributed by atoms with van der Waals surface area (Å²) in [6, 6.07) is 4.03. The highest BCUT2D eigenvalue weighted by molar-refractivity contribution is 7.09. The number of carboxylic acids is 1. The molecule has 1 aromatic heterocycles. The van der Waals surface area contributed by atoms with E-state index in [9.17, 15) is 9.59 Å². The van der Waals surface area contributed by atoms with Crippen molar-refractivity contribution in [3.05, 3.63) is 22.4 Å². The summed E-state index contributed by atoms with van der Waals surface area (Å²) in [4.78, 5) is 25.4. The van der Waals surface area contributed by atoms with Gasteiger partial charge in [-0.05, 0) is 24.3 Å². The van der Waals surface area contributed by atoms with Crippen molar-refractivity contribution in [3.8, 4) is 0 Å². The molecule has 1 N–H and O–H groups in total. The first-order chi connectivity index (χ1) is 8.09. The SMILES string of the molecule is CN(CCc1cccs1)C(=O)[C@@H]1C[C@@H]1C(=O)O. The van der Waals surface area contributed by atoms with Gasteiger partial charge in [-0.15, -0.1) is 11.3 Å². The summed E-state index contributed by atoms with van der Waals surface area (Å²) in [6.07, 6.45) is 1.34. The van der Waals surface area contributed by atoms with E-state index in [0.29, 0.717) is 13.0 Å². The molecule has 1 heterocycles. The summed E-state index contributed by atoms with van der Waals surface area (Å²) in [5.74, 6) is -1.63. The van der Waals surface area contributed by atoms with E-state index in [1.54, 1.807) is 23.3 Å². The van der Waals surface area contributed by atoms with Gasteiger partial charge in [0.25, 0.3) is 0 Å². The summed E-state index contributed by atoms with van der Waals surface area (Å²) >= 11 is 1.67. The first kappa shape index (κ1) is 12.1. The summed E-state index contributed by atoms with van der Waals surface area (Å²) in [5, 5.41) is 10.8. The van der Waals surface area contributed by atoms with Gasteiger partial charge >= 0.3 is 5.97 Å². The molecule has 0 radical (unpaired) electrons. The van der Waals surface area contributed by atoms with Crippen LogP contribution < -0.4 is 0 Å². The second-order valence-electron chi connectivity index (χ2n) is 4.38. The van der Waals surface area contributed by atoms with Crippen molar-refractivity contribution in [1.82, 2.24) is 4.90 Å². The van der Waals surface area contributed by atoms with E-state index in [0.717, 1.165) is 6.42 Å². The number of hydrogen-bond acceptors (Lipinski definition) is 3.